The van der Waals surface area contributed by atoms with Crippen LogP contribution in [0.15, 0.2) is 18.2 Å². The molecule has 0 saturated carbocycles. The fourth-order valence-electron chi connectivity index (χ4n) is 2.00. The summed E-state index contributed by atoms with van der Waals surface area (Å²) in [5, 5.41) is 19.3. The Hall–Kier alpha value is -2.29. The van der Waals surface area contributed by atoms with E-state index in [4.69, 9.17) is 15.4 Å². The van der Waals surface area contributed by atoms with Crippen molar-refractivity contribution < 1.29 is 9.13 Å². The predicted molar refractivity (Wildman–Crippen MR) is 68.5 cm³/mol. The average Bonchev–Trinajstić information content (AvgIpc) is 2.91. The van der Waals surface area contributed by atoms with Gasteiger partial charge in [0.2, 0.25) is 5.96 Å². The molecule has 0 radical (unpaired) electrons. The molecule has 1 aromatic rings. The summed E-state index contributed by atoms with van der Waals surface area (Å²) in [6.07, 6.45) is 2.79. The maximum absolute atomic E-state index is 12.0. The fourth-order valence-corrected chi connectivity index (χ4v) is 2.00. The van der Waals surface area contributed by atoms with Crippen LogP contribution < -0.4 is 10.1 Å². The van der Waals surface area contributed by atoms with Gasteiger partial charge in [0.25, 0.3) is 0 Å². The molecule has 0 amide bonds. The Morgan fingerprint density at radius 3 is 3.16 bits per heavy atom. The number of ether oxygens (including phenoxy) is 1. The number of benzene rings is 1. The summed E-state index contributed by atoms with van der Waals surface area (Å²) >= 11 is 0. The first kappa shape index (κ1) is 13.1. The SMILES string of the molecule is N#CN(Cc1cccc2c1OCC2)C(=N)NCCF. The number of nitrogens with one attached hydrogen (secondary N) is 2. The number of nitrogens with zero attached hydrogens (tertiary/aromatic N) is 2. The van der Waals surface area contributed by atoms with Gasteiger partial charge in [0.15, 0.2) is 6.19 Å². The van der Waals surface area contributed by atoms with Crippen molar-refractivity contribution in [2.45, 2.75) is 13.0 Å². The van der Waals surface area contributed by atoms with E-state index in [1.165, 1.54) is 4.90 Å². The second-order valence-electron chi connectivity index (χ2n) is 4.15. The number of hydrogen-bond acceptors (Lipinski definition) is 3. The topological polar surface area (TPSA) is 72.1 Å². The second kappa shape index (κ2) is 6.05. The molecule has 0 spiro atoms. The number of hydrogen-bond donors (Lipinski definition) is 2. The zero-order valence-electron chi connectivity index (χ0n) is 10.4. The molecule has 1 heterocycles. The van der Waals surface area contributed by atoms with E-state index < -0.39 is 6.67 Å². The summed E-state index contributed by atoms with van der Waals surface area (Å²) in [5.41, 5.74) is 1.99. The molecule has 6 heteroatoms. The van der Waals surface area contributed by atoms with E-state index in [1.54, 1.807) is 0 Å². The number of nitriles is 1. The highest BCUT2D eigenvalue weighted by Crippen LogP contribution is 2.30. The Morgan fingerprint density at radius 2 is 2.42 bits per heavy atom. The molecule has 0 aliphatic carbocycles. The zero-order chi connectivity index (χ0) is 13.7. The van der Waals surface area contributed by atoms with Gasteiger partial charge in [-0.1, -0.05) is 18.2 Å². The van der Waals surface area contributed by atoms with Crippen LogP contribution in [0.5, 0.6) is 5.75 Å². The lowest BCUT2D eigenvalue weighted by Gasteiger charge is -2.18. The lowest BCUT2D eigenvalue weighted by Crippen LogP contribution is -2.38. The van der Waals surface area contributed by atoms with Crippen LogP contribution in [-0.2, 0) is 13.0 Å². The van der Waals surface area contributed by atoms with E-state index in [0.29, 0.717) is 6.61 Å². The predicted octanol–water partition coefficient (Wildman–Crippen LogP) is 1.40. The number of halogens is 1. The van der Waals surface area contributed by atoms with Gasteiger partial charge in [-0.25, -0.2) is 9.29 Å². The van der Waals surface area contributed by atoms with Gasteiger partial charge < -0.3 is 10.1 Å². The molecular weight excluding hydrogens is 247 g/mol. The molecule has 19 heavy (non-hydrogen) atoms. The minimum absolute atomic E-state index is 0.0282. The molecule has 1 aromatic carbocycles. The summed E-state index contributed by atoms with van der Waals surface area (Å²) < 4.78 is 17.6. The van der Waals surface area contributed by atoms with Gasteiger partial charge in [0.05, 0.1) is 13.2 Å². The highest BCUT2D eigenvalue weighted by molar-refractivity contribution is 5.78. The van der Waals surface area contributed by atoms with Crippen molar-refractivity contribution in [2.24, 2.45) is 0 Å². The average molecular weight is 262 g/mol. The molecule has 0 aromatic heterocycles. The maximum Gasteiger partial charge on any atom is 0.204 e. The van der Waals surface area contributed by atoms with Gasteiger partial charge >= 0.3 is 0 Å². The molecule has 0 bridgehead atoms. The highest BCUT2D eigenvalue weighted by Gasteiger charge is 2.18. The molecule has 0 atom stereocenters. The van der Waals surface area contributed by atoms with Gasteiger partial charge in [-0.2, -0.15) is 5.26 Å². The Bertz CT molecular complexity index is 512. The first-order chi connectivity index (χ1) is 9.26. The van der Waals surface area contributed by atoms with Crippen molar-refractivity contribution in [3.63, 3.8) is 0 Å². The summed E-state index contributed by atoms with van der Waals surface area (Å²) in [4.78, 5) is 1.17. The first-order valence-corrected chi connectivity index (χ1v) is 6.05. The summed E-state index contributed by atoms with van der Waals surface area (Å²) in [7, 11) is 0. The molecule has 2 rings (SSSR count). The van der Waals surface area contributed by atoms with E-state index in [0.717, 1.165) is 23.3 Å². The molecule has 0 saturated heterocycles. The molecule has 100 valence electrons. The van der Waals surface area contributed by atoms with E-state index in [9.17, 15) is 4.39 Å². The molecular formula is C13H15FN4O. The van der Waals surface area contributed by atoms with Crippen molar-refractivity contribution in [3.8, 4) is 11.9 Å². The van der Waals surface area contributed by atoms with Gasteiger partial charge in [-0.05, 0) is 5.56 Å². The van der Waals surface area contributed by atoms with Crippen LogP contribution in [0.25, 0.3) is 0 Å². The van der Waals surface area contributed by atoms with Crippen molar-refractivity contribution in [2.75, 3.05) is 19.8 Å². The Kier molecular flexibility index (Phi) is 4.18. The zero-order valence-corrected chi connectivity index (χ0v) is 10.4. The van der Waals surface area contributed by atoms with Gasteiger partial charge in [-0.15, -0.1) is 0 Å². The van der Waals surface area contributed by atoms with Crippen LogP contribution in [0.2, 0.25) is 0 Å². The minimum Gasteiger partial charge on any atom is -0.493 e. The van der Waals surface area contributed by atoms with Crippen LogP contribution in [-0.4, -0.2) is 30.7 Å². The summed E-state index contributed by atoms with van der Waals surface area (Å²) in [6.45, 7) is 0.347. The lowest BCUT2D eigenvalue weighted by atomic mass is 10.1. The van der Waals surface area contributed by atoms with Crippen LogP contribution in [0.3, 0.4) is 0 Å². The number of fused-ring (bicyclic) bond motifs is 1. The van der Waals surface area contributed by atoms with E-state index in [1.807, 2.05) is 24.4 Å². The van der Waals surface area contributed by atoms with Crippen LogP contribution in [0, 0.1) is 16.9 Å². The van der Waals surface area contributed by atoms with Crippen LogP contribution >= 0.6 is 0 Å². The Balaban J connectivity index is 2.09. The maximum atomic E-state index is 12.0. The molecule has 2 N–H and O–H groups in total. The van der Waals surface area contributed by atoms with E-state index in [-0.39, 0.29) is 19.0 Å². The Labute approximate surface area is 111 Å². The van der Waals surface area contributed by atoms with Crippen LogP contribution in [0.1, 0.15) is 11.1 Å². The summed E-state index contributed by atoms with van der Waals surface area (Å²) in [6, 6.07) is 5.78. The third-order valence-corrected chi connectivity index (χ3v) is 2.90. The van der Waals surface area contributed by atoms with Gasteiger partial charge in [-0.3, -0.25) is 5.41 Å². The first-order valence-electron chi connectivity index (χ1n) is 6.05. The van der Waals surface area contributed by atoms with Crippen molar-refractivity contribution in [1.82, 2.24) is 10.2 Å². The number of guanidine groups is 1. The van der Waals surface area contributed by atoms with E-state index >= 15 is 0 Å². The molecule has 0 unspecified atom stereocenters. The molecule has 5 nitrogen and oxygen atoms in total. The number of para-hydroxylation sites is 1. The third kappa shape index (κ3) is 2.94. The smallest absolute Gasteiger partial charge is 0.204 e. The third-order valence-electron chi connectivity index (χ3n) is 2.90. The van der Waals surface area contributed by atoms with Gasteiger partial charge in [0.1, 0.15) is 12.4 Å². The van der Waals surface area contributed by atoms with E-state index in [2.05, 4.69) is 5.32 Å². The fraction of sp³-hybridized carbons (Fsp3) is 0.385. The van der Waals surface area contributed by atoms with Crippen LogP contribution in [0.4, 0.5) is 4.39 Å². The largest absolute Gasteiger partial charge is 0.493 e. The minimum atomic E-state index is -0.578. The van der Waals surface area contributed by atoms with Crippen molar-refractivity contribution in [1.29, 1.82) is 10.7 Å². The quantitative estimate of drug-likeness (QED) is 0.372. The van der Waals surface area contributed by atoms with Crippen molar-refractivity contribution in [3.05, 3.63) is 29.3 Å². The second-order valence-corrected chi connectivity index (χ2v) is 4.15. The molecule has 1 aliphatic heterocycles. The Morgan fingerprint density at radius 1 is 1.58 bits per heavy atom. The highest BCUT2D eigenvalue weighted by atomic mass is 19.1. The number of alkyl halides is 1. The van der Waals surface area contributed by atoms with Crippen molar-refractivity contribution >= 4 is 5.96 Å². The normalized spacial score (nSPS) is 12.2. The number of rotatable bonds is 4. The molecule has 0 fully saturated rings. The standard InChI is InChI=1S/C13H15FN4O/c14-5-6-17-13(16)18(9-15)8-11-3-1-2-10-4-7-19-12(10)11/h1-3H,4-8H2,(H2,16,17). The van der Waals surface area contributed by atoms with Gasteiger partial charge in [0, 0.05) is 18.5 Å². The lowest BCUT2D eigenvalue weighted by molar-refractivity contribution is 0.350. The monoisotopic (exact) mass is 262 g/mol. The molecule has 1 aliphatic rings. The summed E-state index contributed by atoms with van der Waals surface area (Å²) in [5.74, 6) is 0.705.